The van der Waals surface area contributed by atoms with Crippen LogP contribution >= 0.6 is 0 Å². The third kappa shape index (κ3) is 3.99. The number of furan rings is 2. The van der Waals surface area contributed by atoms with Crippen LogP contribution in [0.15, 0.2) is 39.6 Å². The van der Waals surface area contributed by atoms with E-state index >= 15 is 0 Å². The lowest BCUT2D eigenvalue weighted by Crippen LogP contribution is -2.26. The van der Waals surface area contributed by atoms with Crippen LogP contribution in [0.2, 0.25) is 0 Å². The average Bonchev–Trinajstić information content (AvgIpc) is 3.00. The van der Waals surface area contributed by atoms with E-state index in [1.807, 2.05) is 12.1 Å². The van der Waals surface area contributed by atoms with Crippen LogP contribution in [0.4, 0.5) is 0 Å². The van der Waals surface area contributed by atoms with E-state index in [1.54, 1.807) is 12.5 Å². The average molecular weight is 288 g/mol. The van der Waals surface area contributed by atoms with Crippen LogP contribution in [0.3, 0.4) is 0 Å². The Kier molecular flexibility index (Phi) is 4.46. The molecule has 0 saturated heterocycles. The maximum atomic E-state index is 5.71. The summed E-state index contributed by atoms with van der Waals surface area (Å²) in [4.78, 5) is 2.45. The zero-order chi connectivity index (χ0) is 14.7. The molecule has 1 saturated carbocycles. The first-order valence-electron chi connectivity index (χ1n) is 7.77. The van der Waals surface area contributed by atoms with Crippen molar-refractivity contribution in [3.8, 4) is 0 Å². The van der Waals surface area contributed by atoms with Crippen LogP contribution < -0.4 is 5.32 Å². The summed E-state index contributed by atoms with van der Waals surface area (Å²) in [5.41, 5.74) is 1.26. The first-order chi connectivity index (χ1) is 10.2. The van der Waals surface area contributed by atoms with Crippen molar-refractivity contribution in [1.82, 2.24) is 10.2 Å². The molecule has 0 radical (unpaired) electrons. The minimum absolute atomic E-state index is 0.482. The van der Waals surface area contributed by atoms with E-state index in [9.17, 15) is 0 Å². The van der Waals surface area contributed by atoms with E-state index in [1.165, 1.54) is 18.4 Å². The third-order valence-electron chi connectivity index (χ3n) is 3.89. The summed E-state index contributed by atoms with van der Waals surface area (Å²) in [5.74, 6) is 2.09. The standard InChI is InChI=1S/C17H24N2O2/c1-13(2)18-10-14-7-9-21-17(14)12-19(15-5-6-15)11-16-4-3-8-20-16/h3-4,7-9,13,15,18H,5-6,10-12H2,1-2H3. The fraction of sp³-hybridized carbons (Fsp3) is 0.529. The molecule has 4 heteroatoms. The van der Waals surface area contributed by atoms with Crippen molar-refractivity contribution in [2.45, 2.75) is 58.4 Å². The fourth-order valence-electron chi connectivity index (χ4n) is 2.52. The van der Waals surface area contributed by atoms with Crippen LogP contribution in [0.1, 0.15) is 43.8 Å². The summed E-state index contributed by atoms with van der Waals surface area (Å²) < 4.78 is 11.2. The molecule has 2 aromatic heterocycles. The van der Waals surface area contributed by atoms with Gasteiger partial charge in [-0.3, -0.25) is 4.90 Å². The molecule has 0 aromatic carbocycles. The molecule has 0 spiro atoms. The first-order valence-corrected chi connectivity index (χ1v) is 7.77. The van der Waals surface area contributed by atoms with E-state index in [0.29, 0.717) is 12.1 Å². The van der Waals surface area contributed by atoms with Gasteiger partial charge in [-0.2, -0.15) is 0 Å². The molecule has 2 aromatic rings. The molecule has 0 aliphatic heterocycles. The van der Waals surface area contributed by atoms with Gasteiger partial charge in [0.05, 0.1) is 25.6 Å². The molecule has 4 nitrogen and oxygen atoms in total. The summed E-state index contributed by atoms with van der Waals surface area (Å²) in [6.45, 7) is 6.89. The molecule has 1 N–H and O–H groups in total. The Morgan fingerprint density at radius 3 is 2.71 bits per heavy atom. The van der Waals surface area contributed by atoms with Crippen LogP contribution in [0, 0.1) is 0 Å². The molecular formula is C17H24N2O2. The molecule has 1 aliphatic rings. The van der Waals surface area contributed by atoms with E-state index in [0.717, 1.165) is 31.2 Å². The Labute approximate surface area is 126 Å². The fourth-order valence-corrected chi connectivity index (χ4v) is 2.52. The van der Waals surface area contributed by atoms with Crippen molar-refractivity contribution in [3.05, 3.63) is 47.8 Å². The monoisotopic (exact) mass is 288 g/mol. The highest BCUT2D eigenvalue weighted by Gasteiger charge is 2.30. The minimum Gasteiger partial charge on any atom is -0.468 e. The predicted octanol–water partition coefficient (Wildman–Crippen LogP) is 3.54. The second-order valence-corrected chi connectivity index (χ2v) is 6.12. The Morgan fingerprint density at radius 2 is 2.05 bits per heavy atom. The van der Waals surface area contributed by atoms with Crippen molar-refractivity contribution in [2.24, 2.45) is 0 Å². The second kappa shape index (κ2) is 6.50. The lowest BCUT2D eigenvalue weighted by molar-refractivity contribution is 0.207. The Balaban J connectivity index is 1.64. The summed E-state index contributed by atoms with van der Waals surface area (Å²) in [6.07, 6.45) is 6.10. The lowest BCUT2D eigenvalue weighted by atomic mass is 10.2. The zero-order valence-corrected chi connectivity index (χ0v) is 12.8. The number of nitrogens with one attached hydrogen (secondary N) is 1. The molecule has 1 aliphatic carbocycles. The number of nitrogens with zero attached hydrogens (tertiary/aromatic N) is 1. The Bertz CT molecular complexity index is 541. The molecule has 0 bridgehead atoms. The molecular weight excluding hydrogens is 264 g/mol. The minimum atomic E-state index is 0.482. The molecule has 0 amide bonds. The summed E-state index contributed by atoms with van der Waals surface area (Å²) in [6, 6.07) is 7.22. The van der Waals surface area contributed by atoms with Gasteiger partial charge in [0.15, 0.2) is 0 Å². The van der Waals surface area contributed by atoms with E-state index in [4.69, 9.17) is 8.83 Å². The molecule has 0 atom stereocenters. The summed E-state index contributed by atoms with van der Waals surface area (Å²) in [7, 11) is 0. The quantitative estimate of drug-likeness (QED) is 0.806. The van der Waals surface area contributed by atoms with Gasteiger partial charge in [-0.15, -0.1) is 0 Å². The van der Waals surface area contributed by atoms with Gasteiger partial charge < -0.3 is 14.2 Å². The maximum absolute atomic E-state index is 5.71. The molecule has 2 heterocycles. The number of rotatable bonds is 8. The van der Waals surface area contributed by atoms with Crippen LogP contribution in [-0.4, -0.2) is 17.0 Å². The van der Waals surface area contributed by atoms with Crippen LogP contribution in [-0.2, 0) is 19.6 Å². The normalized spacial score (nSPS) is 15.2. The van der Waals surface area contributed by atoms with Crippen LogP contribution in [0.25, 0.3) is 0 Å². The highest BCUT2D eigenvalue weighted by Crippen LogP contribution is 2.30. The summed E-state index contributed by atoms with van der Waals surface area (Å²) in [5, 5.41) is 3.45. The lowest BCUT2D eigenvalue weighted by Gasteiger charge is -2.20. The smallest absolute Gasteiger partial charge is 0.122 e. The molecule has 114 valence electrons. The van der Waals surface area contributed by atoms with Gasteiger partial charge >= 0.3 is 0 Å². The molecule has 1 fully saturated rings. The first kappa shape index (κ1) is 14.4. The zero-order valence-electron chi connectivity index (χ0n) is 12.8. The van der Waals surface area contributed by atoms with Gasteiger partial charge in [0, 0.05) is 24.2 Å². The SMILES string of the molecule is CC(C)NCc1ccoc1CN(Cc1ccco1)C1CC1. The molecule has 3 rings (SSSR count). The van der Waals surface area contributed by atoms with E-state index < -0.39 is 0 Å². The highest BCUT2D eigenvalue weighted by atomic mass is 16.3. The topological polar surface area (TPSA) is 41.6 Å². The van der Waals surface area contributed by atoms with Crippen molar-refractivity contribution >= 4 is 0 Å². The van der Waals surface area contributed by atoms with Crippen molar-refractivity contribution in [2.75, 3.05) is 0 Å². The van der Waals surface area contributed by atoms with E-state index in [2.05, 4.69) is 30.1 Å². The van der Waals surface area contributed by atoms with Gasteiger partial charge in [-0.1, -0.05) is 13.8 Å². The predicted molar refractivity (Wildman–Crippen MR) is 81.7 cm³/mol. The largest absolute Gasteiger partial charge is 0.468 e. The Morgan fingerprint density at radius 1 is 1.19 bits per heavy atom. The molecule has 0 unspecified atom stereocenters. The number of hydrogen-bond acceptors (Lipinski definition) is 4. The van der Waals surface area contributed by atoms with Gasteiger partial charge in [0.2, 0.25) is 0 Å². The Hall–Kier alpha value is -1.52. The van der Waals surface area contributed by atoms with Crippen molar-refractivity contribution in [3.63, 3.8) is 0 Å². The van der Waals surface area contributed by atoms with Gasteiger partial charge in [0.1, 0.15) is 11.5 Å². The van der Waals surface area contributed by atoms with Gasteiger partial charge in [0.25, 0.3) is 0 Å². The number of hydrogen-bond donors (Lipinski definition) is 1. The van der Waals surface area contributed by atoms with E-state index in [-0.39, 0.29) is 0 Å². The van der Waals surface area contributed by atoms with Crippen molar-refractivity contribution in [1.29, 1.82) is 0 Å². The van der Waals surface area contributed by atoms with Gasteiger partial charge in [-0.25, -0.2) is 0 Å². The summed E-state index contributed by atoms with van der Waals surface area (Å²) >= 11 is 0. The van der Waals surface area contributed by atoms with Crippen LogP contribution in [0.5, 0.6) is 0 Å². The molecule has 21 heavy (non-hydrogen) atoms. The second-order valence-electron chi connectivity index (χ2n) is 6.12. The maximum Gasteiger partial charge on any atom is 0.122 e. The van der Waals surface area contributed by atoms with Gasteiger partial charge in [-0.05, 0) is 31.0 Å². The highest BCUT2D eigenvalue weighted by molar-refractivity contribution is 5.17. The van der Waals surface area contributed by atoms with Crippen molar-refractivity contribution < 1.29 is 8.83 Å². The third-order valence-corrected chi connectivity index (χ3v) is 3.89.